The molecule has 0 unspecified atom stereocenters. The molecule has 3 rings (SSSR count). The molecular weight excluding hydrogens is 498 g/mol. The van der Waals surface area contributed by atoms with Crippen LogP contribution in [0.1, 0.15) is 27.3 Å². The maximum Gasteiger partial charge on any atom is 0.490 e. The maximum absolute atomic E-state index is 12.1. The lowest BCUT2D eigenvalue weighted by atomic mass is 10.0. The van der Waals surface area contributed by atoms with Crippen LogP contribution in [-0.4, -0.2) is 81.0 Å². The van der Waals surface area contributed by atoms with Gasteiger partial charge in [-0.2, -0.15) is 42.8 Å². The van der Waals surface area contributed by atoms with E-state index >= 15 is 0 Å². The number of alkyl halides is 6. The molecule has 0 saturated heterocycles. The average Bonchev–Trinajstić information content (AvgIpc) is 3.36. The van der Waals surface area contributed by atoms with Crippen LogP contribution in [0.15, 0.2) is 16.8 Å². The number of carboxylic acids is 2. The minimum Gasteiger partial charge on any atom is -0.475 e. The Labute approximate surface area is 192 Å². The number of carbonyl (C=O) groups excluding carboxylic acids is 1. The smallest absolute Gasteiger partial charge is 0.475 e. The fraction of sp³-hybridized carbons (Fsp3) is 0.444. The minimum absolute atomic E-state index is 0.0279. The quantitative estimate of drug-likeness (QED) is 0.534. The van der Waals surface area contributed by atoms with Gasteiger partial charge in [0.15, 0.2) is 5.69 Å². The van der Waals surface area contributed by atoms with Crippen LogP contribution >= 0.6 is 11.3 Å². The molecule has 3 heterocycles. The molecule has 0 radical (unpaired) electrons. The van der Waals surface area contributed by atoms with Gasteiger partial charge in [0.05, 0.1) is 0 Å². The van der Waals surface area contributed by atoms with Crippen molar-refractivity contribution in [3.05, 3.63) is 39.3 Å². The standard InChI is InChI=1S/C14H18N4OS.2C2HF3O2/c1-17(2)14(19)13-11-8-18(5-3-12(11)15-16-13)7-10-4-6-20-9-10;2*3-2(4,5)1(6)7/h4,6,9H,3,5,7-8H2,1-2H3,(H,15,16);2*(H,6,7). The lowest BCUT2D eigenvalue weighted by molar-refractivity contribution is -0.193. The molecule has 2 aromatic rings. The lowest BCUT2D eigenvalue weighted by Crippen LogP contribution is -2.31. The third-order valence-corrected chi connectivity index (χ3v) is 4.82. The molecule has 0 atom stereocenters. The first kappa shape index (κ1) is 28.9. The topological polar surface area (TPSA) is 127 Å². The molecule has 190 valence electrons. The summed E-state index contributed by atoms with van der Waals surface area (Å²) in [5.41, 5.74) is 4.07. The number of aromatic nitrogens is 2. The fourth-order valence-electron chi connectivity index (χ4n) is 2.52. The number of H-pyrrole nitrogens is 1. The molecule has 0 bridgehead atoms. The number of fused-ring (bicyclic) bond motifs is 1. The summed E-state index contributed by atoms with van der Waals surface area (Å²) in [7, 11) is 3.52. The van der Waals surface area contributed by atoms with E-state index in [0.717, 1.165) is 37.3 Å². The van der Waals surface area contributed by atoms with Gasteiger partial charge in [-0.15, -0.1) is 0 Å². The zero-order valence-corrected chi connectivity index (χ0v) is 18.5. The number of hydrogen-bond donors (Lipinski definition) is 3. The Balaban J connectivity index is 0.000000343. The molecule has 2 aromatic heterocycles. The van der Waals surface area contributed by atoms with Crippen molar-refractivity contribution in [2.45, 2.75) is 31.9 Å². The van der Waals surface area contributed by atoms with E-state index in [1.165, 1.54) is 5.56 Å². The molecule has 9 nitrogen and oxygen atoms in total. The first-order valence-electron chi connectivity index (χ1n) is 9.15. The molecule has 1 aliphatic heterocycles. The van der Waals surface area contributed by atoms with Crippen molar-refractivity contribution in [2.24, 2.45) is 0 Å². The molecule has 1 aliphatic rings. The Morgan fingerprint density at radius 1 is 1.12 bits per heavy atom. The van der Waals surface area contributed by atoms with E-state index in [1.807, 2.05) is 0 Å². The van der Waals surface area contributed by atoms with Crippen LogP contribution in [0.5, 0.6) is 0 Å². The zero-order chi connectivity index (χ0) is 26.3. The number of halogens is 6. The Morgan fingerprint density at radius 2 is 1.65 bits per heavy atom. The second kappa shape index (κ2) is 11.8. The highest BCUT2D eigenvalue weighted by atomic mass is 32.1. The number of hydrogen-bond acceptors (Lipinski definition) is 6. The van der Waals surface area contributed by atoms with Gasteiger partial charge in [-0.25, -0.2) is 9.59 Å². The normalized spacial score (nSPS) is 13.5. The molecule has 0 aliphatic carbocycles. The van der Waals surface area contributed by atoms with Gasteiger partial charge < -0.3 is 15.1 Å². The highest BCUT2D eigenvalue weighted by Gasteiger charge is 2.38. The summed E-state index contributed by atoms with van der Waals surface area (Å²) < 4.78 is 63.5. The van der Waals surface area contributed by atoms with Crippen LogP contribution in [0.2, 0.25) is 0 Å². The van der Waals surface area contributed by atoms with Gasteiger partial charge in [0.2, 0.25) is 0 Å². The van der Waals surface area contributed by atoms with Crippen molar-refractivity contribution in [2.75, 3.05) is 20.6 Å². The number of amides is 1. The number of aliphatic carboxylic acids is 2. The van der Waals surface area contributed by atoms with Gasteiger partial charge in [0.1, 0.15) is 0 Å². The van der Waals surface area contributed by atoms with Crippen molar-refractivity contribution >= 4 is 29.2 Å². The van der Waals surface area contributed by atoms with Gasteiger partial charge in [-0.3, -0.25) is 14.8 Å². The number of carboxylic acid groups (broad SMARTS) is 2. The second-order valence-electron chi connectivity index (χ2n) is 6.93. The summed E-state index contributed by atoms with van der Waals surface area (Å²) in [6.45, 7) is 2.72. The molecule has 1 amide bonds. The molecule has 0 aromatic carbocycles. The third-order valence-electron chi connectivity index (χ3n) is 4.09. The lowest BCUT2D eigenvalue weighted by Gasteiger charge is -2.26. The van der Waals surface area contributed by atoms with Crippen molar-refractivity contribution in [1.29, 1.82) is 0 Å². The Bertz CT molecular complexity index is 949. The fourth-order valence-corrected chi connectivity index (χ4v) is 3.18. The minimum atomic E-state index is -5.08. The molecule has 0 saturated carbocycles. The summed E-state index contributed by atoms with van der Waals surface area (Å²) in [6.07, 6.45) is -9.24. The molecular formula is C18H20F6N4O5S. The van der Waals surface area contributed by atoms with Gasteiger partial charge >= 0.3 is 24.3 Å². The molecule has 34 heavy (non-hydrogen) atoms. The highest BCUT2D eigenvalue weighted by molar-refractivity contribution is 7.07. The maximum atomic E-state index is 12.1. The molecule has 0 spiro atoms. The number of nitrogens with one attached hydrogen (secondary N) is 1. The van der Waals surface area contributed by atoms with E-state index in [0.29, 0.717) is 5.69 Å². The SMILES string of the molecule is CN(C)C(=O)c1n[nH]c2c1CN(Cc1ccsc1)CC2.O=C(O)C(F)(F)F.O=C(O)C(F)(F)F. The number of rotatable bonds is 3. The van der Waals surface area contributed by atoms with Crippen molar-refractivity contribution in [3.63, 3.8) is 0 Å². The number of aromatic amines is 1. The van der Waals surface area contributed by atoms with E-state index in [1.54, 1.807) is 30.3 Å². The van der Waals surface area contributed by atoms with Crippen LogP contribution in [0, 0.1) is 0 Å². The van der Waals surface area contributed by atoms with E-state index in [9.17, 15) is 31.1 Å². The predicted molar refractivity (Wildman–Crippen MR) is 106 cm³/mol. The Kier molecular flexibility index (Phi) is 10.0. The number of nitrogens with zero attached hydrogens (tertiary/aromatic N) is 3. The summed E-state index contributed by atoms with van der Waals surface area (Å²) in [6, 6.07) is 2.15. The Morgan fingerprint density at radius 3 is 2.06 bits per heavy atom. The van der Waals surface area contributed by atoms with Gasteiger partial charge in [0.25, 0.3) is 5.91 Å². The molecule has 0 fully saturated rings. The first-order chi connectivity index (χ1) is 15.5. The van der Waals surface area contributed by atoms with Gasteiger partial charge in [-0.1, -0.05) is 0 Å². The van der Waals surface area contributed by atoms with Crippen molar-refractivity contribution in [1.82, 2.24) is 20.0 Å². The summed E-state index contributed by atoms with van der Waals surface area (Å²) >= 11 is 1.72. The zero-order valence-electron chi connectivity index (χ0n) is 17.7. The van der Waals surface area contributed by atoms with Gasteiger partial charge in [0, 0.05) is 51.4 Å². The van der Waals surface area contributed by atoms with E-state index in [-0.39, 0.29) is 5.91 Å². The molecule has 16 heteroatoms. The summed E-state index contributed by atoms with van der Waals surface area (Å²) in [4.78, 5) is 33.9. The third kappa shape index (κ3) is 9.01. The number of thiophene rings is 1. The molecule has 3 N–H and O–H groups in total. The van der Waals surface area contributed by atoms with Gasteiger partial charge in [-0.05, 0) is 22.4 Å². The van der Waals surface area contributed by atoms with Crippen LogP contribution < -0.4 is 0 Å². The number of carbonyl (C=O) groups is 3. The Hall–Kier alpha value is -3.14. The van der Waals surface area contributed by atoms with Crippen LogP contribution in [0.25, 0.3) is 0 Å². The van der Waals surface area contributed by atoms with Crippen molar-refractivity contribution in [3.8, 4) is 0 Å². The van der Waals surface area contributed by atoms with Crippen LogP contribution in [0.4, 0.5) is 26.3 Å². The first-order valence-corrected chi connectivity index (χ1v) is 10.1. The van der Waals surface area contributed by atoms with E-state index in [2.05, 4.69) is 31.9 Å². The second-order valence-corrected chi connectivity index (χ2v) is 7.71. The largest absolute Gasteiger partial charge is 0.490 e. The predicted octanol–water partition coefficient (Wildman–Crippen LogP) is 3.00. The van der Waals surface area contributed by atoms with Crippen LogP contribution in [0.3, 0.4) is 0 Å². The van der Waals surface area contributed by atoms with E-state index < -0.39 is 24.3 Å². The van der Waals surface area contributed by atoms with E-state index in [4.69, 9.17) is 19.8 Å². The van der Waals surface area contributed by atoms with Crippen molar-refractivity contribution < 1.29 is 50.9 Å². The highest BCUT2D eigenvalue weighted by Crippen LogP contribution is 2.23. The summed E-state index contributed by atoms with van der Waals surface area (Å²) in [5.74, 6) is -5.54. The monoisotopic (exact) mass is 518 g/mol. The summed E-state index contributed by atoms with van der Waals surface area (Å²) in [5, 5.41) is 25.8. The van der Waals surface area contributed by atoms with Crippen LogP contribution in [-0.2, 0) is 29.1 Å². The average molecular weight is 518 g/mol.